The van der Waals surface area contributed by atoms with E-state index in [4.69, 9.17) is 14.2 Å². The lowest BCUT2D eigenvalue weighted by atomic mass is 10.1. The molecule has 2 aromatic carbocycles. The number of non-ortho nitro benzene ring substituents is 1. The van der Waals surface area contributed by atoms with Crippen molar-refractivity contribution in [2.24, 2.45) is 0 Å². The van der Waals surface area contributed by atoms with Gasteiger partial charge in [-0.3, -0.25) is 14.9 Å². The molecular formula is C16H15NO6. The van der Waals surface area contributed by atoms with Crippen LogP contribution in [0.5, 0.6) is 17.2 Å². The maximum Gasteiger partial charge on any atom is 0.315 e. The summed E-state index contributed by atoms with van der Waals surface area (Å²) in [7, 11) is 2.94. The van der Waals surface area contributed by atoms with Crippen LogP contribution in [0.25, 0.3) is 0 Å². The van der Waals surface area contributed by atoms with E-state index in [1.165, 1.54) is 19.2 Å². The summed E-state index contributed by atoms with van der Waals surface area (Å²) in [6.45, 7) is 0. The third kappa shape index (κ3) is 4.19. The monoisotopic (exact) mass is 317 g/mol. The highest BCUT2D eigenvalue weighted by Crippen LogP contribution is 2.31. The number of rotatable bonds is 6. The largest absolute Gasteiger partial charge is 0.497 e. The van der Waals surface area contributed by atoms with Crippen LogP contribution in [0.2, 0.25) is 0 Å². The molecular weight excluding hydrogens is 302 g/mol. The number of carbonyl (C=O) groups is 1. The first-order valence-corrected chi connectivity index (χ1v) is 6.69. The molecule has 2 aromatic rings. The van der Waals surface area contributed by atoms with Gasteiger partial charge < -0.3 is 14.2 Å². The maximum atomic E-state index is 12.0. The molecule has 0 saturated carbocycles. The summed E-state index contributed by atoms with van der Waals surface area (Å²) in [6.07, 6.45) is 0.0237. The van der Waals surface area contributed by atoms with E-state index in [9.17, 15) is 14.9 Å². The van der Waals surface area contributed by atoms with E-state index < -0.39 is 10.9 Å². The minimum atomic E-state index is -0.569. The number of nitrogens with zero attached hydrogens (tertiary/aromatic N) is 1. The molecule has 0 amide bonds. The van der Waals surface area contributed by atoms with Gasteiger partial charge in [0.05, 0.1) is 31.6 Å². The van der Waals surface area contributed by atoms with Crippen LogP contribution in [0.1, 0.15) is 5.56 Å². The maximum absolute atomic E-state index is 12.0. The van der Waals surface area contributed by atoms with Crippen molar-refractivity contribution >= 4 is 11.7 Å². The number of benzene rings is 2. The molecule has 0 atom stereocenters. The molecule has 0 N–H and O–H groups in total. The van der Waals surface area contributed by atoms with Crippen molar-refractivity contribution in [2.75, 3.05) is 14.2 Å². The van der Waals surface area contributed by atoms with E-state index in [-0.39, 0.29) is 23.6 Å². The van der Waals surface area contributed by atoms with Crippen molar-refractivity contribution < 1.29 is 23.9 Å². The highest BCUT2D eigenvalue weighted by atomic mass is 16.6. The second kappa shape index (κ2) is 7.26. The number of esters is 1. The quantitative estimate of drug-likeness (QED) is 0.352. The first-order chi connectivity index (χ1) is 11.0. The zero-order valence-corrected chi connectivity index (χ0v) is 12.6. The Labute approximate surface area is 132 Å². The molecule has 0 unspecified atom stereocenters. The highest BCUT2D eigenvalue weighted by molar-refractivity contribution is 5.76. The third-order valence-electron chi connectivity index (χ3n) is 3.09. The highest BCUT2D eigenvalue weighted by Gasteiger charge is 2.16. The second-order valence-corrected chi connectivity index (χ2v) is 4.59. The number of hydrogen-bond donors (Lipinski definition) is 0. The van der Waals surface area contributed by atoms with Crippen LogP contribution in [-0.4, -0.2) is 25.1 Å². The van der Waals surface area contributed by atoms with Gasteiger partial charge >= 0.3 is 5.97 Å². The van der Waals surface area contributed by atoms with E-state index in [0.29, 0.717) is 5.75 Å². The van der Waals surface area contributed by atoms with Gasteiger partial charge in [-0.05, 0) is 23.8 Å². The first kappa shape index (κ1) is 16.3. The molecule has 0 heterocycles. The number of methoxy groups -OCH3 is 2. The second-order valence-electron chi connectivity index (χ2n) is 4.59. The molecule has 0 aliphatic carbocycles. The molecule has 0 fully saturated rings. The summed E-state index contributed by atoms with van der Waals surface area (Å²) in [6, 6.07) is 10.8. The Morgan fingerprint density at radius 1 is 1.04 bits per heavy atom. The normalized spacial score (nSPS) is 10.0. The average Bonchev–Trinajstić information content (AvgIpc) is 2.55. The van der Waals surface area contributed by atoms with Crippen molar-refractivity contribution in [3.05, 3.63) is 58.1 Å². The fourth-order valence-corrected chi connectivity index (χ4v) is 1.93. The summed E-state index contributed by atoms with van der Waals surface area (Å²) in [5.74, 6) is 0.398. The van der Waals surface area contributed by atoms with E-state index in [1.54, 1.807) is 31.4 Å². The summed E-state index contributed by atoms with van der Waals surface area (Å²) in [5, 5.41) is 10.8. The molecule has 0 aliphatic rings. The van der Waals surface area contributed by atoms with Crippen LogP contribution in [0.4, 0.5) is 5.69 Å². The van der Waals surface area contributed by atoms with Crippen molar-refractivity contribution in [3.8, 4) is 17.2 Å². The van der Waals surface area contributed by atoms with Crippen molar-refractivity contribution in [3.63, 3.8) is 0 Å². The molecule has 0 radical (unpaired) electrons. The van der Waals surface area contributed by atoms with Crippen molar-refractivity contribution in [2.45, 2.75) is 6.42 Å². The fourth-order valence-electron chi connectivity index (χ4n) is 1.93. The van der Waals surface area contributed by atoms with Gasteiger partial charge in [0.1, 0.15) is 5.75 Å². The number of nitro groups is 1. The Morgan fingerprint density at radius 2 is 1.74 bits per heavy atom. The molecule has 23 heavy (non-hydrogen) atoms. The van der Waals surface area contributed by atoms with Gasteiger partial charge in [0, 0.05) is 6.07 Å². The number of nitro benzene ring substituents is 1. The number of ether oxygens (including phenoxy) is 3. The Morgan fingerprint density at radius 3 is 2.30 bits per heavy atom. The zero-order valence-electron chi connectivity index (χ0n) is 12.6. The zero-order chi connectivity index (χ0) is 16.8. The van der Waals surface area contributed by atoms with Crippen LogP contribution in [0, 0.1) is 10.1 Å². The number of carbonyl (C=O) groups excluding carboxylic acids is 1. The molecule has 0 aliphatic heterocycles. The van der Waals surface area contributed by atoms with E-state index in [0.717, 1.165) is 11.6 Å². The summed E-state index contributed by atoms with van der Waals surface area (Å²) < 4.78 is 15.3. The standard InChI is InChI=1S/C16H15NO6/c1-21-13-6-3-11(4-7-13)9-16(18)23-15-10-12(17(19)20)5-8-14(15)22-2/h3-8,10H,9H2,1-2H3. The molecule has 2 rings (SSSR count). The lowest BCUT2D eigenvalue weighted by Crippen LogP contribution is -2.12. The summed E-state index contributed by atoms with van der Waals surface area (Å²) in [4.78, 5) is 22.2. The van der Waals surface area contributed by atoms with Crippen LogP contribution in [-0.2, 0) is 11.2 Å². The van der Waals surface area contributed by atoms with Gasteiger partial charge in [0.25, 0.3) is 5.69 Å². The predicted octanol–water partition coefficient (Wildman–Crippen LogP) is 2.76. The summed E-state index contributed by atoms with van der Waals surface area (Å²) in [5.41, 5.74) is 0.554. The Balaban J connectivity index is 2.12. The SMILES string of the molecule is COc1ccc(CC(=O)Oc2cc([N+](=O)[O-])ccc2OC)cc1. The summed E-state index contributed by atoms with van der Waals surface area (Å²) >= 11 is 0. The molecule has 7 heteroatoms. The third-order valence-corrected chi connectivity index (χ3v) is 3.09. The molecule has 120 valence electrons. The van der Waals surface area contributed by atoms with Gasteiger partial charge in [0.2, 0.25) is 0 Å². The Hall–Kier alpha value is -3.09. The van der Waals surface area contributed by atoms with Crippen LogP contribution >= 0.6 is 0 Å². The van der Waals surface area contributed by atoms with Gasteiger partial charge in [-0.25, -0.2) is 0 Å². The predicted molar refractivity (Wildman–Crippen MR) is 82.0 cm³/mol. The molecule has 0 bridgehead atoms. The molecule has 7 nitrogen and oxygen atoms in total. The lowest BCUT2D eigenvalue weighted by molar-refractivity contribution is -0.384. The topological polar surface area (TPSA) is 87.9 Å². The van der Waals surface area contributed by atoms with Gasteiger partial charge in [0.15, 0.2) is 11.5 Å². The van der Waals surface area contributed by atoms with E-state index in [1.807, 2.05) is 0 Å². The van der Waals surface area contributed by atoms with Gasteiger partial charge in [-0.15, -0.1) is 0 Å². The molecule has 0 spiro atoms. The van der Waals surface area contributed by atoms with Gasteiger partial charge in [-0.1, -0.05) is 12.1 Å². The van der Waals surface area contributed by atoms with E-state index >= 15 is 0 Å². The smallest absolute Gasteiger partial charge is 0.315 e. The molecule has 0 aromatic heterocycles. The Kier molecular flexibility index (Phi) is 5.14. The van der Waals surface area contributed by atoms with Crippen molar-refractivity contribution in [1.29, 1.82) is 0 Å². The fraction of sp³-hybridized carbons (Fsp3) is 0.188. The minimum Gasteiger partial charge on any atom is -0.497 e. The van der Waals surface area contributed by atoms with E-state index in [2.05, 4.69) is 0 Å². The van der Waals surface area contributed by atoms with Crippen LogP contribution in [0.15, 0.2) is 42.5 Å². The minimum absolute atomic E-state index is 0.0141. The van der Waals surface area contributed by atoms with Crippen LogP contribution in [0.3, 0.4) is 0 Å². The number of hydrogen-bond acceptors (Lipinski definition) is 6. The Bertz CT molecular complexity index is 711. The lowest BCUT2D eigenvalue weighted by Gasteiger charge is -2.09. The van der Waals surface area contributed by atoms with Gasteiger partial charge in [-0.2, -0.15) is 0 Å². The first-order valence-electron chi connectivity index (χ1n) is 6.69. The molecule has 0 saturated heterocycles. The van der Waals surface area contributed by atoms with Crippen LogP contribution < -0.4 is 14.2 Å². The van der Waals surface area contributed by atoms with Crippen molar-refractivity contribution in [1.82, 2.24) is 0 Å². The average molecular weight is 317 g/mol.